The van der Waals surface area contributed by atoms with E-state index in [4.69, 9.17) is 14.2 Å². The van der Waals surface area contributed by atoms with E-state index in [0.717, 1.165) is 23.6 Å². The lowest BCUT2D eigenvalue weighted by molar-refractivity contribution is 0.321. The van der Waals surface area contributed by atoms with Crippen molar-refractivity contribution in [3.05, 3.63) is 17.7 Å². The van der Waals surface area contributed by atoms with Gasteiger partial charge in [-0.15, -0.1) is 0 Å². The molecule has 0 saturated carbocycles. The lowest BCUT2D eigenvalue weighted by atomic mass is 10.1. The molecule has 1 aromatic carbocycles. The minimum Gasteiger partial charge on any atom is -0.493 e. The van der Waals surface area contributed by atoms with Crippen LogP contribution in [0, 0.1) is 0 Å². The van der Waals surface area contributed by atoms with Crippen molar-refractivity contribution in [1.29, 1.82) is 0 Å². The number of methoxy groups -OCH3 is 3. The molecule has 0 amide bonds. The molecular formula is C14H23NO3S. The van der Waals surface area contributed by atoms with Crippen molar-refractivity contribution < 1.29 is 14.2 Å². The molecule has 0 radical (unpaired) electrons. The first kappa shape index (κ1) is 16.0. The molecule has 0 bridgehead atoms. The Morgan fingerprint density at radius 1 is 1.11 bits per heavy atom. The Morgan fingerprint density at radius 2 is 1.79 bits per heavy atom. The van der Waals surface area contributed by atoms with E-state index in [9.17, 15) is 0 Å². The summed E-state index contributed by atoms with van der Waals surface area (Å²) in [6.07, 6.45) is 2.11. The molecule has 108 valence electrons. The maximum Gasteiger partial charge on any atom is 0.203 e. The molecule has 1 N–H and O–H groups in total. The summed E-state index contributed by atoms with van der Waals surface area (Å²) in [7, 11) is 4.88. The Bertz CT molecular complexity index is 399. The van der Waals surface area contributed by atoms with Gasteiger partial charge in [-0.05, 0) is 19.2 Å². The first-order chi connectivity index (χ1) is 9.17. The number of benzene rings is 1. The van der Waals surface area contributed by atoms with Gasteiger partial charge in [0.1, 0.15) is 0 Å². The number of thioether (sulfide) groups is 1. The van der Waals surface area contributed by atoms with Crippen molar-refractivity contribution in [2.45, 2.75) is 19.5 Å². The third-order valence-corrected chi connectivity index (χ3v) is 3.68. The number of rotatable bonds is 8. The second kappa shape index (κ2) is 8.17. The van der Waals surface area contributed by atoms with Crippen molar-refractivity contribution >= 4 is 11.8 Å². The van der Waals surface area contributed by atoms with Crippen molar-refractivity contribution in [1.82, 2.24) is 5.32 Å². The summed E-state index contributed by atoms with van der Waals surface area (Å²) in [5.41, 5.74) is 1.06. The van der Waals surface area contributed by atoms with Crippen LogP contribution in [0.4, 0.5) is 0 Å². The number of hydrogen-bond acceptors (Lipinski definition) is 5. The molecule has 1 aromatic rings. The van der Waals surface area contributed by atoms with Crippen molar-refractivity contribution in [3.63, 3.8) is 0 Å². The highest BCUT2D eigenvalue weighted by atomic mass is 32.2. The van der Waals surface area contributed by atoms with Crippen LogP contribution >= 0.6 is 11.8 Å². The van der Waals surface area contributed by atoms with Gasteiger partial charge in [-0.3, -0.25) is 0 Å². The molecule has 19 heavy (non-hydrogen) atoms. The molecular weight excluding hydrogens is 262 g/mol. The predicted molar refractivity (Wildman–Crippen MR) is 80.8 cm³/mol. The highest BCUT2D eigenvalue weighted by molar-refractivity contribution is 7.98. The summed E-state index contributed by atoms with van der Waals surface area (Å²) in [6.45, 7) is 2.91. The number of hydrogen-bond donors (Lipinski definition) is 1. The highest BCUT2D eigenvalue weighted by Crippen LogP contribution is 2.39. The molecule has 0 saturated heterocycles. The molecule has 0 aliphatic heterocycles. The smallest absolute Gasteiger partial charge is 0.203 e. The summed E-state index contributed by atoms with van der Waals surface area (Å²) in [5.74, 6) is 3.13. The fourth-order valence-corrected chi connectivity index (χ4v) is 2.51. The van der Waals surface area contributed by atoms with Crippen LogP contribution in [0.2, 0.25) is 0 Å². The molecule has 0 heterocycles. The lowest BCUT2D eigenvalue weighted by Gasteiger charge is -2.18. The number of nitrogens with one attached hydrogen (secondary N) is 1. The van der Waals surface area contributed by atoms with Crippen molar-refractivity contribution in [3.8, 4) is 17.2 Å². The predicted octanol–water partition coefficient (Wildman–Crippen LogP) is 2.55. The quantitative estimate of drug-likeness (QED) is 0.795. The molecule has 0 aliphatic rings. The van der Waals surface area contributed by atoms with Crippen LogP contribution in [0.5, 0.6) is 17.2 Å². The third kappa shape index (κ3) is 4.21. The highest BCUT2D eigenvalue weighted by Gasteiger charge is 2.15. The molecule has 0 aromatic heterocycles. The Balaban J connectivity index is 2.89. The number of ether oxygens (including phenoxy) is 3. The summed E-state index contributed by atoms with van der Waals surface area (Å²) in [6, 6.07) is 4.35. The second-order valence-electron chi connectivity index (χ2n) is 4.23. The Hall–Kier alpha value is -1.07. The van der Waals surface area contributed by atoms with Gasteiger partial charge in [0.25, 0.3) is 0 Å². The largest absolute Gasteiger partial charge is 0.493 e. The molecule has 0 fully saturated rings. The first-order valence-electron chi connectivity index (χ1n) is 6.18. The maximum absolute atomic E-state index is 5.45. The minimum absolute atomic E-state index is 0.452. The Morgan fingerprint density at radius 3 is 2.32 bits per heavy atom. The Labute approximate surface area is 119 Å². The van der Waals surface area contributed by atoms with Gasteiger partial charge in [0.2, 0.25) is 5.75 Å². The van der Waals surface area contributed by atoms with Gasteiger partial charge in [-0.25, -0.2) is 0 Å². The van der Waals surface area contributed by atoms with E-state index in [1.54, 1.807) is 21.3 Å². The van der Waals surface area contributed by atoms with E-state index in [-0.39, 0.29) is 0 Å². The van der Waals surface area contributed by atoms with E-state index >= 15 is 0 Å². The standard InChI is InChI=1S/C14H23NO3S/c1-10(9-19-5)15-8-11-6-7-12(16-2)14(18-4)13(11)17-3/h6-7,10,15H,8-9H2,1-5H3. The third-order valence-electron chi connectivity index (χ3n) is 2.84. The first-order valence-corrected chi connectivity index (χ1v) is 7.57. The maximum atomic E-state index is 5.45. The van der Waals surface area contributed by atoms with Gasteiger partial charge in [0, 0.05) is 23.9 Å². The molecule has 0 spiro atoms. The van der Waals surface area contributed by atoms with Gasteiger partial charge in [0.05, 0.1) is 21.3 Å². The van der Waals surface area contributed by atoms with Crippen LogP contribution in [0.15, 0.2) is 12.1 Å². The topological polar surface area (TPSA) is 39.7 Å². The lowest BCUT2D eigenvalue weighted by Crippen LogP contribution is -2.27. The van der Waals surface area contributed by atoms with E-state index in [1.807, 2.05) is 23.9 Å². The normalized spacial score (nSPS) is 12.1. The van der Waals surface area contributed by atoms with E-state index < -0.39 is 0 Å². The second-order valence-corrected chi connectivity index (χ2v) is 5.14. The zero-order chi connectivity index (χ0) is 14.3. The summed E-state index contributed by atoms with van der Waals surface area (Å²) in [5, 5.41) is 3.47. The zero-order valence-electron chi connectivity index (χ0n) is 12.3. The average Bonchev–Trinajstić information content (AvgIpc) is 2.43. The van der Waals surface area contributed by atoms with Crippen LogP contribution in [-0.4, -0.2) is 39.4 Å². The van der Waals surface area contributed by atoms with Gasteiger partial charge < -0.3 is 19.5 Å². The fraction of sp³-hybridized carbons (Fsp3) is 0.571. The SMILES string of the molecule is COc1ccc(CNC(C)CSC)c(OC)c1OC. The molecule has 1 atom stereocenters. The van der Waals surface area contributed by atoms with E-state index in [1.165, 1.54) is 0 Å². The van der Waals surface area contributed by atoms with Gasteiger partial charge in [-0.2, -0.15) is 11.8 Å². The van der Waals surface area contributed by atoms with Crippen LogP contribution in [0.1, 0.15) is 12.5 Å². The van der Waals surface area contributed by atoms with Crippen LogP contribution < -0.4 is 19.5 Å². The summed E-state index contributed by atoms with van der Waals surface area (Å²) < 4.78 is 16.1. The zero-order valence-corrected chi connectivity index (χ0v) is 13.1. The van der Waals surface area contributed by atoms with Gasteiger partial charge in [0.15, 0.2) is 11.5 Å². The molecule has 1 rings (SSSR count). The summed E-state index contributed by atoms with van der Waals surface area (Å²) >= 11 is 1.83. The molecule has 1 unspecified atom stereocenters. The van der Waals surface area contributed by atoms with Crippen molar-refractivity contribution in [2.24, 2.45) is 0 Å². The summed E-state index contributed by atoms with van der Waals surface area (Å²) in [4.78, 5) is 0. The Kier molecular flexibility index (Phi) is 6.87. The van der Waals surface area contributed by atoms with Crippen LogP contribution in [-0.2, 0) is 6.54 Å². The molecule has 5 heteroatoms. The monoisotopic (exact) mass is 285 g/mol. The van der Waals surface area contributed by atoms with Gasteiger partial charge in [-0.1, -0.05) is 6.07 Å². The minimum atomic E-state index is 0.452. The average molecular weight is 285 g/mol. The molecule has 4 nitrogen and oxygen atoms in total. The van der Waals surface area contributed by atoms with E-state index in [2.05, 4.69) is 18.5 Å². The van der Waals surface area contributed by atoms with E-state index in [0.29, 0.717) is 17.5 Å². The fourth-order valence-electron chi connectivity index (χ4n) is 1.90. The molecule has 0 aliphatic carbocycles. The van der Waals surface area contributed by atoms with Gasteiger partial charge >= 0.3 is 0 Å². The van der Waals surface area contributed by atoms with Crippen LogP contribution in [0.25, 0.3) is 0 Å². The van der Waals surface area contributed by atoms with Crippen LogP contribution in [0.3, 0.4) is 0 Å². The van der Waals surface area contributed by atoms with Crippen molar-refractivity contribution in [2.75, 3.05) is 33.3 Å².